The normalized spacial score (nSPS) is 26.7. The maximum Gasteiger partial charge on any atom is 0.407 e. The minimum Gasteiger partial charge on any atom is -0.447 e. The highest BCUT2D eigenvalue weighted by Crippen LogP contribution is 2.30. The number of hydrogen-bond donors (Lipinski definition) is 6. The van der Waals surface area contributed by atoms with Gasteiger partial charge in [-0.3, -0.25) is 0 Å². The van der Waals surface area contributed by atoms with Crippen molar-refractivity contribution < 1.29 is 56.3 Å². The molecule has 0 unspecified atom stereocenters. The predicted octanol–water partition coefficient (Wildman–Crippen LogP) is -1.96. The van der Waals surface area contributed by atoms with Gasteiger partial charge in [-0.05, 0) is 19.6 Å². The van der Waals surface area contributed by atoms with Crippen LogP contribution in [0.5, 0.6) is 0 Å². The van der Waals surface area contributed by atoms with Crippen LogP contribution in [0.2, 0.25) is 19.6 Å². The van der Waals surface area contributed by atoms with Gasteiger partial charge >= 0.3 is 44.0 Å². The Labute approximate surface area is 194 Å². The summed E-state index contributed by atoms with van der Waals surface area (Å²) in [5, 5.41) is 33.9. The first-order valence-electron chi connectivity index (χ1n) is 10.1. The number of amides is 3. The first-order chi connectivity index (χ1) is 15.5. The van der Waals surface area contributed by atoms with Crippen molar-refractivity contribution in [3.63, 3.8) is 0 Å². The van der Waals surface area contributed by atoms with Crippen molar-refractivity contribution in [1.29, 1.82) is 0 Å². The summed E-state index contributed by atoms with van der Waals surface area (Å²) >= 11 is 0. The van der Waals surface area contributed by atoms with Crippen molar-refractivity contribution in [3.05, 3.63) is 0 Å². The third-order valence-electron chi connectivity index (χ3n) is 3.93. The van der Waals surface area contributed by atoms with Crippen LogP contribution in [0.1, 0.15) is 0 Å². The van der Waals surface area contributed by atoms with Crippen LogP contribution >= 0.6 is 0 Å². The smallest absolute Gasteiger partial charge is 0.407 e. The van der Waals surface area contributed by atoms with Gasteiger partial charge in [-0.15, -0.1) is 0 Å². The van der Waals surface area contributed by atoms with E-state index < -0.39 is 44.0 Å². The van der Waals surface area contributed by atoms with E-state index >= 15 is 0 Å². The molecule has 0 aromatic rings. The van der Waals surface area contributed by atoms with Crippen LogP contribution in [-0.2, 0) is 26.6 Å². The summed E-state index contributed by atoms with van der Waals surface area (Å²) in [7, 11) is -9.43. The average molecular weight is 532 g/mol. The van der Waals surface area contributed by atoms with Crippen molar-refractivity contribution in [3.8, 4) is 0 Å². The Morgan fingerprint density at radius 2 is 0.848 bits per heavy atom. The zero-order valence-corrected chi connectivity index (χ0v) is 21.9. The first kappa shape index (κ1) is 29.3. The molecule has 1 saturated heterocycles. The molecule has 15 nitrogen and oxygen atoms in total. The molecule has 3 amide bonds. The molecule has 1 aliphatic heterocycles. The molecule has 0 aliphatic carbocycles. The number of alkyl carbamates (subject to hydrolysis) is 3. The summed E-state index contributed by atoms with van der Waals surface area (Å²) in [6.45, 7) is 3.61. The molecule has 18 heteroatoms. The molecule has 1 fully saturated rings. The second kappa shape index (κ2) is 13.8. The number of carbonyl (C=O) groups excluding carboxylic acids is 3. The molecule has 0 aromatic heterocycles. The Hall–Kier alpha value is -1.78. The number of nitrogens with one attached hydrogen (secondary N) is 3. The van der Waals surface area contributed by atoms with Crippen LogP contribution in [0.3, 0.4) is 0 Å². The molecule has 0 radical (unpaired) electrons. The molecule has 6 N–H and O–H groups in total. The van der Waals surface area contributed by atoms with Gasteiger partial charge in [-0.1, -0.05) is 0 Å². The van der Waals surface area contributed by atoms with E-state index in [-0.39, 0.29) is 58.1 Å². The first-order valence-corrected chi connectivity index (χ1v) is 17.7. The Bertz CT molecular complexity index is 567. The lowest BCUT2D eigenvalue weighted by molar-refractivity contribution is 0.117. The van der Waals surface area contributed by atoms with Gasteiger partial charge in [0.15, 0.2) is 0 Å². The standard InChI is InChI=1S/C15H33N3O12Si3/c1-31(10-16-13(22)25-7-4-19)28-32(2,11-17-14(23)26-8-5-20)30-33(3,29-31)12-18-15(24)27-9-6-21/h19-21H,4-12H2,1-3H3,(H,16,22)(H,17,23)(H,18,24). The molecule has 192 valence electrons. The van der Waals surface area contributed by atoms with Gasteiger partial charge < -0.3 is 57.8 Å². The zero-order valence-electron chi connectivity index (χ0n) is 18.9. The number of aliphatic hydroxyl groups excluding tert-OH is 3. The lowest BCUT2D eigenvalue weighted by Gasteiger charge is -2.49. The van der Waals surface area contributed by atoms with Crippen molar-refractivity contribution in [2.45, 2.75) is 19.6 Å². The van der Waals surface area contributed by atoms with Crippen molar-refractivity contribution in [2.75, 3.05) is 58.1 Å². The topological polar surface area (TPSA) is 203 Å². The van der Waals surface area contributed by atoms with E-state index in [1.165, 1.54) is 0 Å². The van der Waals surface area contributed by atoms with E-state index in [0.29, 0.717) is 0 Å². The number of ether oxygens (including phenoxy) is 3. The number of aliphatic hydroxyl groups is 3. The highest BCUT2D eigenvalue weighted by atomic mass is 28.5. The number of hydrogen-bond acceptors (Lipinski definition) is 12. The predicted molar refractivity (Wildman–Crippen MR) is 117 cm³/mol. The summed E-state index contributed by atoms with van der Waals surface area (Å²) in [5.41, 5.74) is 0. The van der Waals surface area contributed by atoms with Gasteiger partial charge in [-0.2, -0.15) is 0 Å². The van der Waals surface area contributed by atoms with Crippen LogP contribution in [0.15, 0.2) is 0 Å². The van der Waals surface area contributed by atoms with Gasteiger partial charge in [0, 0.05) is 0 Å². The summed E-state index contributed by atoms with van der Waals surface area (Å²) in [6, 6.07) is 0. The molecule has 33 heavy (non-hydrogen) atoms. The fourth-order valence-corrected chi connectivity index (χ4v) is 18.6. The molecular formula is C15H33N3O12Si3. The second-order valence-corrected chi connectivity index (χ2v) is 17.7. The summed E-state index contributed by atoms with van der Waals surface area (Å²) in [6.07, 6.45) is -2.35. The fraction of sp³-hybridized carbons (Fsp3) is 0.800. The third-order valence-corrected chi connectivity index (χ3v) is 16.8. The highest BCUT2D eigenvalue weighted by molar-refractivity contribution is 6.93. The molecule has 0 spiro atoms. The quantitative estimate of drug-likeness (QED) is 0.120. The van der Waals surface area contributed by atoms with Gasteiger partial charge in [0.1, 0.15) is 19.8 Å². The van der Waals surface area contributed by atoms with Gasteiger partial charge in [0.2, 0.25) is 0 Å². The van der Waals surface area contributed by atoms with E-state index in [4.69, 9.17) is 41.9 Å². The molecule has 1 heterocycles. The maximum atomic E-state index is 11.8. The van der Waals surface area contributed by atoms with E-state index in [0.717, 1.165) is 0 Å². The molecule has 1 rings (SSSR count). The minimum atomic E-state index is -3.14. The summed E-state index contributed by atoms with van der Waals surface area (Å²) < 4.78 is 32.9. The Morgan fingerprint density at radius 3 is 1.06 bits per heavy atom. The largest absolute Gasteiger partial charge is 0.447 e. The van der Waals surface area contributed by atoms with Gasteiger partial charge in [0.05, 0.1) is 38.3 Å². The molecule has 0 atom stereocenters. The van der Waals surface area contributed by atoms with E-state index in [2.05, 4.69) is 16.0 Å². The number of carbonyl (C=O) groups is 3. The van der Waals surface area contributed by atoms with Crippen molar-refractivity contribution >= 4 is 44.0 Å². The van der Waals surface area contributed by atoms with E-state index in [1.807, 2.05) is 0 Å². The molecular weight excluding hydrogens is 498 g/mol. The van der Waals surface area contributed by atoms with E-state index in [1.54, 1.807) is 19.6 Å². The van der Waals surface area contributed by atoms with Crippen LogP contribution in [0, 0.1) is 0 Å². The average Bonchev–Trinajstić information content (AvgIpc) is 2.75. The Morgan fingerprint density at radius 1 is 0.606 bits per heavy atom. The summed E-state index contributed by atoms with van der Waals surface area (Å²) in [5.74, 6) is 0. The molecule has 0 saturated carbocycles. The highest BCUT2D eigenvalue weighted by Gasteiger charge is 2.57. The Kier molecular flexibility index (Phi) is 12.2. The SMILES string of the molecule is C[Si]1(CNC(=O)OCCO)O[Si](C)(CNC(=O)OCCO)O[Si](C)(CNC(=O)OCCO)O1. The second-order valence-electron chi connectivity index (χ2n) is 7.35. The zero-order chi connectivity index (χ0) is 25.0. The van der Waals surface area contributed by atoms with Gasteiger partial charge in [0.25, 0.3) is 0 Å². The lowest BCUT2D eigenvalue weighted by Crippen LogP contribution is -2.74. The monoisotopic (exact) mass is 531 g/mol. The molecule has 0 aromatic carbocycles. The maximum absolute atomic E-state index is 11.8. The Balaban J connectivity index is 2.91. The molecule has 1 aliphatic rings. The van der Waals surface area contributed by atoms with Crippen LogP contribution in [0.25, 0.3) is 0 Å². The lowest BCUT2D eigenvalue weighted by atomic mass is 10.8. The van der Waals surface area contributed by atoms with Gasteiger partial charge in [-0.25, -0.2) is 14.4 Å². The summed E-state index contributed by atoms with van der Waals surface area (Å²) in [4.78, 5) is 35.4. The van der Waals surface area contributed by atoms with Crippen LogP contribution < -0.4 is 16.0 Å². The number of rotatable bonds is 12. The van der Waals surface area contributed by atoms with Crippen molar-refractivity contribution in [2.24, 2.45) is 0 Å². The van der Waals surface area contributed by atoms with Crippen LogP contribution in [0.4, 0.5) is 14.4 Å². The third kappa shape index (κ3) is 11.3. The van der Waals surface area contributed by atoms with E-state index in [9.17, 15) is 14.4 Å². The van der Waals surface area contributed by atoms with Crippen molar-refractivity contribution in [1.82, 2.24) is 16.0 Å². The fourth-order valence-electron chi connectivity index (χ4n) is 2.92. The van der Waals surface area contributed by atoms with Crippen LogP contribution in [-0.4, -0.2) is 117 Å². The minimum absolute atomic E-state index is 0.0181. The molecule has 0 bridgehead atoms.